The molecule has 2 aromatic rings. The predicted octanol–water partition coefficient (Wildman–Crippen LogP) is 1.81. The highest BCUT2D eigenvalue weighted by Crippen LogP contribution is 2.22. The average Bonchev–Trinajstić information content (AvgIpc) is 2.32. The van der Waals surface area contributed by atoms with E-state index in [2.05, 4.69) is 0 Å². The zero-order valence-corrected chi connectivity index (χ0v) is 9.63. The topological polar surface area (TPSA) is 49.7 Å². The largest absolute Gasteiger partial charge is 0.488 e. The normalized spacial score (nSPS) is 10.1. The molecule has 0 aliphatic heterocycles. The van der Waals surface area contributed by atoms with Crippen molar-refractivity contribution in [1.82, 2.24) is 0 Å². The molecule has 0 saturated carbocycles. The molecule has 0 aliphatic rings. The third-order valence-electron chi connectivity index (χ3n) is 2.21. The fourth-order valence-corrected chi connectivity index (χ4v) is 1.50. The first kappa shape index (κ1) is 12.0. The third-order valence-corrected chi connectivity index (χ3v) is 2.46. The number of hydrogen-bond donors (Lipinski definition) is 2. The molecule has 2 aromatic carbocycles. The molecule has 2 N–H and O–H groups in total. The predicted molar refractivity (Wildman–Crippen MR) is 67.8 cm³/mol. The maximum atomic E-state index is 9.03. The fraction of sp³-hybridized carbons (Fsp3) is 0. The molecule has 86 valence electrons. The standard InChI is InChI=1S/C12H10BClO3/c14-10-4-6-11(7-5-10)17-12-3-1-2-9(8-12)13(15)16/h1-8,15-16H. The fourth-order valence-electron chi connectivity index (χ4n) is 1.38. The second-order valence-corrected chi connectivity index (χ2v) is 3.94. The number of halogens is 1. The molecular formula is C12H10BClO3. The van der Waals surface area contributed by atoms with E-state index in [1.54, 1.807) is 48.5 Å². The highest BCUT2D eigenvalue weighted by atomic mass is 35.5. The van der Waals surface area contributed by atoms with Gasteiger partial charge in [0, 0.05) is 5.02 Å². The minimum Gasteiger partial charge on any atom is -0.457 e. The van der Waals surface area contributed by atoms with Crippen molar-refractivity contribution in [2.75, 3.05) is 0 Å². The third kappa shape index (κ3) is 3.23. The zero-order chi connectivity index (χ0) is 12.3. The van der Waals surface area contributed by atoms with Crippen LogP contribution in [0.2, 0.25) is 5.02 Å². The van der Waals surface area contributed by atoms with Gasteiger partial charge in [0.25, 0.3) is 0 Å². The first-order valence-electron chi connectivity index (χ1n) is 5.05. The van der Waals surface area contributed by atoms with Crippen LogP contribution >= 0.6 is 11.6 Å². The number of benzene rings is 2. The molecule has 0 atom stereocenters. The smallest absolute Gasteiger partial charge is 0.457 e. The molecule has 2 rings (SSSR count). The Kier molecular flexibility index (Phi) is 3.69. The SMILES string of the molecule is OB(O)c1cccc(Oc2ccc(Cl)cc2)c1. The summed E-state index contributed by atoms with van der Waals surface area (Å²) >= 11 is 5.76. The van der Waals surface area contributed by atoms with Crippen LogP contribution in [0.5, 0.6) is 11.5 Å². The first-order valence-corrected chi connectivity index (χ1v) is 5.42. The maximum Gasteiger partial charge on any atom is 0.488 e. The Morgan fingerprint density at radius 3 is 2.29 bits per heavy atom. The van der Waals surface area contributed by atoms with Gasteiger partial charge in [-0.15, -0.1) is 0 Å². The highest BCUT2D eigenvalue weighted by molar-refractivity contribution is 6.58. The van der Waals surface area contributed by atoms with Gasteiger partial charge in [0.2, 0.25) is 0 Å². The van der Waals surface area contributed by atoms with Crippen molar-refractivity contribution in [2.45, 2.75) is 0 Å². The van der Waals surface area contributed by atoms with E-state index in [0.717, 1.165) is 0 Å². The monoisotopic (exact) mass is 248 g/mol. The lowest BCUT2D eigenvalue weighted by atomic mass is 9.80. The summed E-state index contributed by atoms with van der Waals surface area (Å²) in [6, 6.07) is 13.5. The van der Waals surface area contributed by atoms with Crippen molar-refractivity contribution in [3.05, 3.63) is 53.6 Å². The summed E-state index contributed by atoms with van der Waals surface area (Å²) in [5.74, 6) is 1.18. The van der Waals surface area contributed by atoms with Crippen molar-refractivity contribution < 1.29 is 14.8 Å². The van der Waals surface area contributed by atoms with E-state index >= 15 is 0 Å². The summed E-state index contributed by atoms with van der Waals surface area (Å²) in [4.78, 5) is 0. The second-order valence-electron chi connectivity index (χ2n) is 3.50. The van der Waals surface area contributed by atoms with E-state index < -0.39 is 7.12 Å². The van der Waals surface area contributed by atoms with E-state index in [0.29, 0.717) is 22.0 Å². The van der Waals surface area contributed by atoms with Gasteiger partial charge in [-0.05, 0) is 41.9 Å². The molecule has 17 heavy (non-hydrogen) atoms. The van der Waals surface area contributed by atoms with E-state index in [1.165, 1.54) is 0 Å². The van der Waals surface area contributed by atoms with E-state index in [1.807, 2.05) is 0 Å². The summed E-state index contributed by atoms with van der Waals surface area (Å²) in [5, 5.41) is 18.7. The van der Waals surface area contributed by atoms with Gasteiger partial charge in [0.15, 0.2) is 0 Å². The first-order chi connectivity index (χ1) is 8.15. The highest BCUT2D eigenvalue weighted by Gasteiger charge is 2.11. The van der Waals surface area contributed by atoms with Gasteiger partial charge in [0.1, 0.15) is 11.5 Å². The minimum atomic E-state index is -1.50. The van der Waals surface area contributed by atoms with Crippen molar-refractivity contribution in [3.63, 3.8) is 0 Å². The Morgan fingerprint density at radius 1 is 0.941 bits per heavy atom. The summed E-state index contributed by atoms with van der Waals surface area (Å²) in [6.07, 6.45) is 0. The quantitative estimate of drug-likeness (QED) is 0.815. The molecule has 0 radical (unpaired) electrons. The van der Waals surface area contributed by atoms with Crippen molar-refractivity contribution in [3.8, 4) is 11.5 Å². The number of ether oxygens (including phenoxy) is 1. The molecular weight excluding hydrogens is 238 g/mol. The van der Waals surface area contributed by atoms with E-state index in [-0.39, 0.29) is 0 Å². The Labute approximate surface area is 104 Å². The Balaban J connectivity index is 2.18. The lowest BCUT2D eigenvalue weighted by Gasteiger charge is -2.07. The van der Waals surface area contributed by atoms with Crippen LogP contribution in [0.15, 0.2) is 48.5 Å². The molecule has 0 fully saturated rings. The molecule has 0 aromatic heterocycles. The van der Waals surface area contributed by atoms with Crippen LogP contribution in [-0.4, -0.2) is 17.2 Å². The summed E-state index contributed by atoms with van der Waals surface area (Å²) < 4.78 is 5.54. The van der Waals surface area contributed by atoms with Gasteiger partial charge in [-0.1, -0.05) is 23.7 Å². The zero-order valence-electron chi connectivity index (χ0n) is 8.88. The van der Waals surface area contributed by atoms with E-state index in [4.69, 9.17) is 26.4 Å². The molecule has 5 heteroatoms. The Bertz CT molecular complexity index is 499. The van der Waals surface area contributed by atoms with E-state index in [9.17, 15) is 0 Å². The van der Waals surface area contributed by atoms with Crippen LogP contribution in [0, 0.1) is 0 Å². The van der Waals surface area contributed by atoms with Crippen LogP contribution in [0.25, 0.3) is 0 Å². The lowest BCUT2D eigenvalue weighted by Crippen LogP contribution is -2.29. The van der Waals surface area contributed by atoms with Gasteiger partial charge in [0.05, 0.1) is 0 Å². The van der Waals surface area contributed by atoms with Gasteiger partial charge in [-0.3, -0.25) is 0 Å². The van der Waals surface area contributed by atoms with Crippen molar-refractivity contribution >= 4 is 24.2 Å². The Hall–Kier alpha value is -1.49. The van der Waals surface area contributed by atoms with Gasteiger partial charge < -0.3 is 14.8 Å². The van der Waals surface area contributed by atoms with Gasteiger partial charge >= 0.3 is 7.12 Å². The molecule has 0 aliphatic carbocycles. The maximum absolute atomic E-state index is 9.03. The molecule has 0 saturated heterocycles. The van der Waals surface area contributed by atoms with Crippen LogP contribution in [-0.2, 0) is 0 Å². The number of hydrogen-bond acceptors (Lipinski definition) is 3. The molecule has 0 amide bonds. The van der Waals surface area contributed by atoms with Crippen LogP contribution in [0.4, 0.5) is 0 Å². The molecule has 0 bridgehead atoms. The summed E-state index contributed by atoms with van der Waals surface area (Å²) in [7, 11) is -1.50. The number of rotatable bonds is 3. The van der Waals surface area contributed by atoms with Crippen LogP contribution < -0.4 is 10.2 Å². The molecule has 0 heterocycles. The second kappa shape index (κ2) is 5.23. The summed E-state index contributed by atoms with van der Waals surface area (Å²) in [6.45, 7) is 0. The minimum absolute atomic E-state index is 0.386. The van der Waals surface area contributed by atoms with Crippen molar-refractivity contribution in [2.24, 2.45) is 0 Å². The van der Waals surface area contributed by atoms with Gasteiger partial charge in [-0.2, -0.15) is 0 Å². The summed E-state index contributed by atoms with van der Waals surface area (Å²) in [5.41, 5.74) is 0.386. The molecule has 3 nitrogen and oxygen atoms in total. The van der Waals surface area contributed by atoms with Crippen molar-refractivity contribution in [1.29, 1.82) is 0 Å². The average molecular weight is 248 g/mol. The van der Waals surface area contributed by atoms with Crippen LogP contribution in [0.1, 0.15) is 0 Å². The molecule has 0 unspecified atom stereocenters. The van der Waals surface area contributed by atoms with Gasteiger partial charge in [-0.25, -0.2) is 0 Å². The lowest BCUT2D eigenvalue weighted by molar-refractivity contribution is 0.425. The molecule has 0 spiro atoms. The van der Waals surface area contributed by atoms with Crippen LogP contribution in [0.3, 0.4) is 0 Å². The Morgan fingerprint density at radius 2 is 1.65 bits per heavy atom.